The van der Waals surface area contributed by atoms with Crippen molar-refractivity contribution in [1.29, 1.82) is 0 Å². The van der Waals surface area contributed by atoms with Crippen LogP contribution in [0.4, 0.5) is 0 Å². The van der Waals surface area contributed by atoms with E-state index >= 15 is 0 Å². The Morgan fingerprint density at radius 2 is 2.25 bits per heavy atom. The molecule has 1 heterocycles. The van der Waals surface area contributed by atoms with E-state index in [1.54, 1.807) is 25.2 Å². The lowest BCUT2D eigenvalue weighted by molar-refractivity contribution is 0.103. The minimum Gasteiger partial charge on any atom is -0.287 e. The van der Waals surface area contributed by atoms with E-state index in [4.69, 9.17) is 11.6 Å². The highest BCUT2D eigenvalue weighted by Gasteiger charge is 2.14. The van der Waals surface area contributed by atoms with Gasteiger partial charge in [0.2, 0.25) is 5.78 Å². The Labute approximate surface area is 111 Å². The Kier molecular flexibility index (Phi) is 3.25. The minimum absolute atomic E-state index is 0.134. The molecule has 0 atom stereocenters. The molecule has 0 aliphatic heterocycles. The maximum atomic E-state index is 12.0. The molecule has 4 nitrogen and oxygen atoms in total. The molecule has 0 saturated heterocycles. The molecular weight excluding hydrogens is 340 g/mol. The van der Waals surface area contributed by atoms with E-state index < -0.39 is 0 Å². The minimum atomic E-state index is -0.134. The molecule has 1 aromatic heterocycles. The van der Waals surface area contributed by atoms with Gasteiger partial charge in [-0.2, -0.15) is 0 Å². The van der Waals surface area contributed by atoms with Crippen LogP contribution in [0.2, 0.25) is 5.02 Å². The van der Waals surface area contributed by atoms with E-state index in [9.17, 15) is 4.79 Å². The molecule has 82 valence electrons. The molecule has 0 spiro atoms. The van der Waals surface area contributed by atoms with Gasteiger partial charge in [-0.15, -0.1) is 5.10 Å². The van der Waals surface area contributed by atoms with Gasteiger partial charge in [-0.3, -0.25) is 4.79 Å². The van der Waals surface area contributed by atoms with Gasteiger partial charge >= 0.3 is 0 Å². The molecule has 0 bridgehead atoms. The third-order valence-corrected chi connectivity index (χ3v) is 3.70. The predicted molar refractivity (Wildman–Crippen MR) is 68.6 cm³/mol. The van der Waals surface area contributed by atoms with Gasteiger partial charge in [-0.1, -0.05) is 16.8 Å². The molecule has 2 rings (SSSR count). The molecule has 0 radical (unpaired) electrons. The molecule has 1 aromatic carbocycles. The van der Waals surface area contributed by atoms with Crippen LogP contribution in [0.1, 0.15) is 16.1 Å². The number of benzene rings is 1. The van der Waals surface area contributed by atoms with Crippen LogP contribution in [-0.4, -0.2) is 20.8 Å². The zero-order chi connectivity index (χ0) is 11.7. The van der Waals surface area contributed by atoms with Gasteiger partial charge in [0, 0.05) is 16.2 Å². The second kappa shape index (κ2) is 4.50. The molecule has 0 fully saturated rings. The Bertz CT molecular complexity index is 553. The number of hydrogen-bond donors (Lipinski definition) is 0. The molecule has 2 aromatic rings. The second-order valence-corrected chi connectivity index (χ2v) is 4.77. The monoisotopic (exact) mass is 347 g/mol. The lowest BCUT2D eigenvalue weighted by atomic mass is 10.1. The van der Waals surface area contributed by atoms with Crippen molar-refractivity contribution in [3.63, 3.8) is 0 Å². The van der Waals surface area contributed by atoms with E-state index in [1.165, 1.54) is 10.9 Å². The van der Waals surface area contributed by atoms with Crippen LogP contribution >= 0.6 is 34.2 Å². The molecule has 0 saturated carbocycles. The summed E-state index contributed by atoms with van der Waals surface area (Å²) in [7, 11) is 1.68. The first kappa shape index (κ1) is 11.5. The van der Waals surface area contributed by atoms with Crippen LogP contribution in [0.5, 0.6) is 0 Å². The van der Waals surface area contributed by atoms with Gasteiger partial charge in [0.05, 0.1) is 11.2 Å². The van der Waals surface area contributed by atoms with Crippen molar-refractivity contribution in [2.24, 2.45) is 7.05 Å². The largest absolute Gasteiger partial charge is 0.287 e. The van der Waals surface area contributed by atoms with Gasteiger partial charge in [0.25, 0.3) is 0 Å². The summed E-state index contributed by atoms with van der Waals surface area (Å²) in [4.78, 5) is 12.0. The highest BCUT2D eigenvalue weighted by Crippen LogP contribution is 2.20. The lowest BCUT2D eigenvalue weighted by Gasteiger charge is -2.02. The number of ketones is 1. The van der Waals surface area contributed by atoms with Gasteiger partial charge in [-0.25, -0.2) is 4.68 Å². The number of hydrogen-bond acceptors (Lipinski definition) is 3. The summed E-state index contributed by atoms with van der Waals surface area (Å²) in [5, 5.41) is 7.95. The quantitative estimate of drug-likeness (QED) is 0.619. The van der Waals surface area contributed by atoms with Crippen molar-refractivity contribution in [2.45, 2.75) is 0 Å². The van der Waals surface area contributed by atoms with Gasteiger partial charge in [0.1, 0.15) is 5.69 Å². The van der Waals surface area contributed by atoms with Gasteiger partial charge in [-0.05, 0) is 40.8 Å². The first-order valence-corrected chi connectivity index (χ1v) is 5.89. The summed E-state index contributed by atoms with van der Waals surface area (Å²) in [6, 6.07) is 5.20. The van der Waals surface area contributed by atoms with Crippen molar-refractivity contribution in [2.75, 3.05) is 0 Å². The molecular formula is C10H7ClIN3O. The highest BCUT2D eigenvalue weighted by molar-refractivity contribution is 14.1. The number of nitrogens with zero attached hydrogens (tertiary/aromatic N) is 3. The van der Waals surface area contributed by atoms with Crippen molar-refractivity contribution in [1.82, 2.24) is 15.0 Å². The molecule has 0 aliphatic rings. The molecule has 0 aliphatic carbocycles. The van der Waals surface area contributed by atoms with Crippen LogP contribution in [0, 0.1) is 3.57 Å². The third-order valence-electron chi connectivity index (χ3n) is 2.13. The average molecular weight is 348 g/mol. The van der Waals surface area contributed by atoms with Crippen molar-refractivity contribution in [3.8, 4) is 0 Å². The third kappa shape index (κ3) is 2.10. The topological polar surface area (TPSA) is 47.8 Å². The molecule has 16 heavy (non-hydrogen) atoms. The number of halogens is 2. The maximum absolute atomic E-state index is 12.0. The SMILES string of the molecule is Cn1nncc1C(=O)c1ccc(I)c(Cl)c1. The number of rotatable bonds is 2. The highest BCUT2D eigenvalue weighted by atomic mass is 127. The van der Waals surface area contributed by atoms with Gasteiger partial charge < -0.3 is 0 Å². The van der Waals surface area contributed by atoms with Crippen molar-refractivity contribution < 1.29 is 4.79 Å². The van der Waals surface area contributed by atoms with Crippen molar-refractivity contribution in [3.05, 3.63) is 44.2 Å². The summed E-state index contributed by atoms with van der Waals surface area (Å²) >= 11 is 8.07. The van der Waals surface area contributed by atoms with Crippen molar-refractivity contribution >= 4 is 40.0 Å². The Morgan fingerprint density at radius 1 is 1.50 bits per heavy atom. The zero-order valence-corrected chi connectivity index (χ0v) is 11.2. The molecule has 6 heteroatoms. The number of carbonyl (C=O) groups excluding carboxylic acids is 1. The van der Waals surface area contributed by atoms with Crippen LogP contribution in [0.25, 0.3) is 0 Å². The van der Waals surface area contributed by atoms with E-state index in [1.807, 2.05) is 0 Å². The van der Waals surface area contributed by atoms with Crippen LogP contribution < -0.4 is 0 Å². The molecule has 0 unspecified atom stereocenters. The van der Waals surface area contributed by atoms with Crippen LogP contribution in [0.15, 0.2) is 24.4 Å². The number of aryl methyl sites for hydroxylation is 1. The normalized spacial score (nSPS) is 10.4. The average Bonchev–Trinajstić information content (AvgIpc) is 2.67. The summed E-state index contributed by atoms with van der Waals surface area (Å²) in [6.45, 7) is 0. The lowest BCUT2D eigenvalue weighted by Crippen LogP contribution is -2.08. The van der Waals surface area contributed by atoms with E-state index in [0.29, 0.717) is 16.3 Å². The second-order valence-electron chi connectivity index (χ2n) is 3.20. The Balaban J connectivity index is 2.42. The van der Waals surface area contributed by atoms with Crippen LogP contribution in [0.3, 0.4) is 0 Å². The fourth-order valence-electron chi connectivity index (χ4n) is 1.28. The maximum Gasteiger partial charge on any atom is 0.212 e. The van der Waals surface area contributed by atoms with Gasteiger partial charge in [0.15, 0.2) is 0 Å². The number of carbonyl (C=O) groups is 1. The smallest absolute Gasteiger partial charge is 0.212 e. The Morgan fingerprint density at radius 3 is 2.81 bits per heavy atom. The summed E-state index contributed by atoms with van der Waals surface area (Å²) in [5.41, 5.74) is 0.980. The van der Waals surface area contributed by atoms with Crippen LogP contribution in [-0.2, 0) is 7.05 Å². The van der Waals surface area contributed by atoms with E-state index in [2.05, 4.69) is 32.9 Å². The van der Waals surface area contributed by atoms with E-state index in [0.717, 1.165) is 3.57 Å². The zero-order valence-electron chi connectivity index (χ0n) is 8.32. The molecule has 0 N–H and O–H groups in total. The summed E-state index contributed by atoms with van der Waals surface area (Å²) in [6.07, 6.45) is 1.44. The number of aromatic nitrogens is 3. The summed E-state index contributed by atoms with van der Waals surface area (Å²) < 4.78 is 2.35. The standard InChI is InChI=1S/C10H7ClIN3O/c1-15-9(5-13-14-15)10(16)6-2-3-8(12)7(11)4-6/h2-5H,1H3. The first-order chi connectivity index (χ1) is 7.59. The fourth-order valence-corrected chi connectivity index (χ4v) is 1.80. The summed E-state index contributed by atoms with van der Waals surface area (Å²) in [5.74, 6) is -0.134. The first-order valence-electron chi connectivity index (χ1n) is 4.44. The predicted octanol–water partition coefficient (Wildman–Crippen LogP) is 2.30. The Hall–Kier alpha value is -0.950. The fraction of sp³-hybridized carbons (Fsp3) is 0.100. The van der Waals surface area contributed by atoms with E-state index in [-0.39, 0.29) is 5.78 Å². The molecule has 0 amide bonds.